The summed E-state index contributed by atoms with van der Waals surface area (Å²) in [6.07, 6.45) is 7.01. The average molecular weight is 447 g/mol. The quantitative estimate of drug-likeness (QED) is 0.609. The number of aliphatic hydroxyl groups excluding tert-OH is 1. The summed E-state index contributed by atoms with van der Waals surface area (Å²) in [6.45, 7) is 4.98. The lowest BCUT2D eigenvalue weighted by Crippen LogP contribution is -2.42. The zero-order valence-corrected chi connectivity index (χ0v) is 18.8. The largest absolute Gasteiger partial charge is 0.473 e. The number of halogens is 1. The zero-order chi connectivity index (χ0) is 22.8. The van der Waals surface area contributed by atoms with Crippen molar-refractivity contribution in [1.82, 2.24) is 19.9 Å². The molecular weight excluding hydrogens is 419 g/mol. The summed E-state index contributed by atoms with van der Waals surface area (Å²) < 4.78 is 19.6. The highest BCUT2D eigenvalue weighted by Gasteiger charge is 2.90. The number of rotatable bonds is 6. The fourth-order valence-electron chi connectivity index (χ4n) is 6.70. The van der Waals surface area contributed by atoms with Crippen molar-refractivity contribution in [2.45, 2.75) is 51.5 Å². The van der Waals surface area contributed by atoms with Crippen molar-refractivity contribution in [3.05, 3.63) is 71.9 Å². The molecule has 2 aliphatic carbocycles. The van der Waals surface area contributed by atoms with Gasteiger partial charge in [0.05, 0.1) is 6.20 Å². The minimum absolute atomic E-state index is 0.0199. The molecule has 0 spiro atoms. The van der Waals surface area contributed by atoms with Gasteiger partial charge in [-0.15, -0.1) is 0 Å². The molecule has 5 atom stereocenters. The van der Waals surface area contributed by atoms with Gasteiger partial charge in [-0.2, -0.15) is 0 Å². The SMILES string of the molecule is CCC1N(C(O)c2cc(C)ccc2-c2ncccn2)CC23CC[C@]12C3Oc1ccc(F)cn1. The van der Waals surface area contributed by atoms with Gasteiger partial charge in [-0.1, -0.05) is 30.7 Å². The van der Waals surface area contributed by atoms with Crippen LogP contribution in [0.3, 0.4) is 0 Å². The van der Waals surface area contributed by atoms with Gasteiger partial charge >= 0.3 is 0 Å². The molecule has 3 aromatic rings. The molecule has 0 amide bonds. The van der Waals surface area contributed by atoms with Crippen LogP contribution >= 0.6 is 0 Å². The fraction of sp³-hybridized carbons (Fsp3) is 0.423. The van der Waals surface area contributed by atoms with Gasteiger partial charge < -0.3 is 9.84 Å². The third-order valence-corrected chi connectivity index (χ3v) is 8.19. The number of piperidine rings is 1. The molecule has 3 fully saturated rings. The number of benzene rings is 1. The van der Waals surface area contributed by atoms with E-state index in [0.29, 0.717) is 11.7 Å². The number of likely N-dealkylation sites (tertiary alicyclic amines) is 1. The van der Waals surface area contributed by atoms with E-state index in [9.17, 15) is 9.50 Å². The minimum Gasteiger partial charge on any atom is -0.473 e. The Labute approximate surface area is 192 Å². The number of ether oxygens (including phenoxy) is 1. The van der Waals surface area contributed by atoms with E-state index in [1.165, 1.54) is 12.3 Å². The third kappa shape index (κ3) is 2.82. The van der Waals surface area contributed by atoms with Gasteiger partial charge in [0, 0.05) is 53.0 Å². The van der Waals surface area contributed by atoms with Crippen molar-refractivity contribution in [3.8, 4) is 17.3 Å². The molecule has 0 bridgehead atoms. The van der Waals surface area contributed by atoms with Crippen molar-refractivity contribution in [1.29, 1.82) is 0 Å². The van der Waals surface area contributed by atoms with E-state index in [1.807, 2.05) is 25.1 Å². The number of pyridine rings is 1. The molecule has 4 unspecified atom stereocenters. The summed E-state index contributed by atoms with van der Waals surface area (Å²) in [5.74, 6) is 0.724. The molecule has 1 aliphatic heterocycles. The van der Waals surface area contributed by atoms with Crippen molar-refractivity contribution < 1.29 is 14.2 Å². The molecule has 1 saturated heterocycles. The lowest BCUT2D eigenvalue weighted by atomic mass is 9.72. The maximum absolute atomic E-state index is 13.3. The smallest absolute Gasteiger partial charge is 0.213 e. The summed E-state index contributed by atoms with van der Waals surface area (Å²) in [4.78, 5) is 15.2. The summed E-state index contributed by atoms with van der Waals surface area (Å²) in [5, 5.41) is 11.7. The van der Waals surface area contributed by atoms with Gasteiger partial charge in [-0.25, -0.2) is 19.3 Å². The van der Waals surface area contributed by atoms with Gasteiger partial charge in [0.25, 0.3) is 0 Å². The third-order valence-electron chi connectivity index (χ3n) is 8.19. The van der Waals surface area contributed by atoms with Gasteiger partial charge in [-0.05, 0) is 38.3 Å². The van der Waals surface area contributed by atoms with Gasteiger partial charge in [0.15, 0.2) is 5.82 Å². The number of hydrogen-bond acceptors (Lipinski definition) is 6. The number of aryl methyl sites for hydroxylation is 1. The molecule has 33 heavy (non-hydrogen) atoms. The van der Waals surface area contributed by atoms with Crippen molar-refractivity contribution in [3.63, 3.8) is 0 Å². The van der Waals surface area contributed by atoms with Crippen molar-refractivity contribution in [2.75, 3.05) is 6.54 Å². The van der Waals surface area contributed by atoms with Crippen molar-refractivity contribution >= 4 is 0 Å². The Morgan fingerprint density at radius 3 is 2.67 bits per heavy atom. The summed E-state index contributed by atoms with van der Waals surface area (Å²) in [6, 6.07) is 11.0. The summed E-state index contributed by atoms with van der Waals surface area (Å²) >= 11 is 0. The molecule has 1 N–H and O–H groups in total. The maximum Gasteiger partial charge on any atom is 0.213 e. The molecule has 2 aromatic heterocycles. The standard InChI is InChI=1S/C26H27FN4O2/c1-3-20-26-10-9-25(26,24(26)33-21-8-6-17(27)14-30-21)15-31(20)23(32)19-13-16(2)5-7-18(19)22-28-11-4-12-29-22/h4-8,11-14,20,23-24,32H,3,9-10,15H2,1-2H3/t20?,23?,24?,25?,26-/m1/s1. The van der Waals surface area contributed by atoms with Crippen LogP contribution in [0.4, 0.5) is 4.39 Å². The predicted molar refractivity (Wildman–Crippen MR) is 121 cm³/mol. The molecule has 3 heterocycles. The van der Waals surface area contributed by atoms with Crippen LogP contribution in [0.5, 0.6) is 5.88 Å². The van der Waals surface area contributed by atoms with Crippen LogP contribution < -0.4 is 4.74 Å². The van der Waals surface area contributed by atoms with Crippen LogP contribution in [0, 0.1) is 23.6 Å². The molecule has 6 rings (SSSR count). The van der Waals surface area contributed by atoms with Gasteiger partial charge in [-0.3, -0.25) is 4.90 Å². The highest BCUT2D eigenvalue weighted by molar-refractivity contribution is 5.61. The molecular formula is C26H27FN4O2. The molecule has 7 heteroatoms. The maximum atomic E-state index is 13.3. The minimum atomic E-state index is -0.752. The average Bonchev–Trinajstić information content (AvgIpc) is 3.10. The van der Waals surface area contributed by atoms with Gasteiger partial charge in [0.1, 0.15) is 18.1 Å². The first kappa shape index (κ1) is 20.7. The van der Waals surface area contributed by atoms with Crippen LogP contribution in [0.1, 0.15) is 43.5 Å². The Morgan fingerprint density at radius 2 is 2.00 bits per heavy atom. The van der Waals surface area contributed by atoms with Crippen LogP contribution in [0.25, 0.3) is 11.4 Å². The Hall–Kier alpha value is -2.90. The second-order valence-electron chi connectivity index (χ2n) is 9.64. The molecule has 0 radical (unpaired) electrons. The molecule has 2 saturated carbocycles. The molecule has 3 aliphatic rings. The highest BCUT2D eigenvalue weighted by atomic mass is 19.1. The van der Waals surface area contributed by atoms with Crippen LogP contribution in [-0.4, -0.2) is 43.6 Å². The van der Waals surface area contributed by atoms with E-state index in [-0.39, 0.29) is 28.8 Å². The second-order valence-corrected chi connectivity index (χ2v) is 9.64. The zero-order valence-electron chi connectivity index (χ0n) is 18.8. The van der Waals surface area contributed by atoms with E-state index in [1.54, 1.807) is 24.5 Å². The highest BCUT2D eigenvalue weighted by Crippen LogP contribution is 2.84. The van der Waals surface area contributed by atoms with Crippen LogP contribution in [-0.2, 0) is 0 Å². The number of hydrogen-bond donors (Lipinski definition) is 1. The first-order valence-electron chi connectivity index (χ1n) is 11.6. The van der Waals surface area contributed by atoms with Crippen molar-refractivity contribution in [2.24, 2.45) is 10.8 Å². The lowest BCUT2D eigenvalue weighted by molar-refractivity contribution is -0.0363. The van der Waals surface area contributed by atoms with E-state index >= 15 is 0 Å². The fourth-order valence-corrected chi connectivity index (χ4v) is 6.70. The Balaban J connectivity index is 1.30. The number of aromatic nitrogens is 3. The number of aliphatic hydroxyl groups is 1. The van der Waals surface area contributed by atoms with E-state index in [0.717, 1.165) is 42.5 Å². The molecule has 1 aromatic carbocycles. The van der Waals surface area contributed by atoms with E-state index in [2.05, 4.69) is 26.8 Å². The predicted octanol–water partition coefficient (Wildman–Crippen LogP) is 4.30. The summed E-state index contributed by atoms with van der Waals surface area (Å²) in [7, 11) is 0. The normalized spacial score (nSPS) is 30.8. The second kappa shape index (κ2) is 7.30. The topological polar surface area (TPSA) is 71.4 Å². The molecule has 6 nitrogen and oxygen atoms in total. The Kier molecular flexibility index (Phi) is 4.58. The first-order chi connectivity index (χ1) is 16.0. The van der Waals surface area contributed by atoms with Gasteiger partial charge in [0.2, 0.25) is 5.88 Å². The van der Waals surface area contributed by atoms with E-state index < -0.39 is 6.23 Å². The van der Waals surface area contributed by atoms with E-state index in [4.69, 9.17) is 4.74 Å². The Bertz CT molecular complexity index is 1190. The summed E-state index contributed by atoms with van der Waals surface area (Å²) in [5.41, 5.74) is 2.83. The first-order valence-corrected chi connectivity index (χ1v) is 11.6. The van der Waals surface area contributed by atoms with Crippen LogP contribution in [0.2, 0.25) is 0 Å². The lowest BCUT2D eigenvalue weighted by Gasteiger charge is -2.36. The Morgan fingerprint density at radius 1 is 1.18 bits per heavy atom. The monoisotopic (exact) mass is 446 g/mol. The number of nitrogens with zero attached hydrogens (tertiary/aromatic N) is 4. The molecule has 170 valence electrons. The van der Waals surface area contributed by atoms with Crippen LogP contribution in [0.15, 0.2) is 55.0 Å².